The van der Waals surface area contributed by atoms with E-state index in [1.165, 1.54) is 81.4 Å². The quantitative estimate of drug-likeness (QED) is 0.200. The van der Waals surface area contributed by atoms with Crippen molar-refractivity contribution in [3.05, 3.63) is 162 Å². The van der Waals surface area contributed by atoms with Crippen molar-refractivity contribution in [1.82, 2.24) is 0 Å². The monoisotopic (exact) mass is 567 g/mol. The van der Waals surface area contributed by atoms with E-state index in [1.807, 2.05) is 0 Å². The predicted molar refractivity (Wildman–Crippen MR) is 186 cm³/mol. The molecule has 44 heavy (non-hydrogen) atoms. The van der Waals surface area contributed by atoms with E-state index in [0.29, 0.717) is 0 Å². The van der Waals surface area contributed by atoms with Gasteiger partial charge in [0.25, 0.3) is 0 Å². The molecule has 1 heteroatoms. The first-order valence-electron chi connectivity index (χ1n) is 16.0. The molecule has 0 N–H and O–H groups in total. The van der Waals surface area contributed by atoms with Crippen LogP contribution in [0.3, 0.4) is 0 Å². The van der Waals surface area contributed by atoms with Crippen molar-refractivity contribution in [2.24, 2.45) is 0 Å². The van der Waals surface area contributed by atoms with Crippen molar-refractivity contribution in [1.29, 1.82) is 0 Å². The lowest BCUT2D eigenvalue weighted by atomic mass is 9.81. The van der Waals surface area contributed by atoms with E-state index in [-0.39, 0.29) is 5.41 Å². The van der Waals surface area contributed by atoms with Crippen LogP contribution < -0.4 is 4.90 Å². The van der Waals surface area contributed by atoms with Gasteiger partial charge in [-0.05, 0) is 112 Å². The largest absolute Gasteiger partial charge is 0.310 e. The maximum absolute atomic E-state index is 2.46. The van der Waals surface area contributed by atoms with Gasteiger partial charge >= 0.3 is 0 Å². The summed E-state index contributed by atoms with van der Waals surface area (Å²) in [5, 5.41) is 0. The number of fused-ring (bicyclic) bond motifs is 4. The third kappa shape index (κ3) is 4.38. The Morgan fingerprint density at radius 3 is 1.77 bits per heavy atom. The van der Waals surface area contributed by atoms with Gasteiger partial charge in [-0.25, -0.2) is 0 Å². The van der Waals surface area contributed by atoms with Crippen molar-refractivity contribution in [3.8, 4) is 33.4 Å². The smallest absolute Gasteiger partial charge is 0.0543 e. The number of aryl methyl sites for hydroxylation is 1. The second-order valence-corrected chi connectivity index (χ2v) is 12.8. The van der Waals surface area contributed by atoms with E-state index in [2.05, 4.69) is 158 Å². The van der Waals surface area contributed by atoms with Gasteiger partial charge in [0.1, 0.15) is 0 Å². The molecule has 0 saturated carbocycles. The lowest BCUT2D eigenvalue weighted by Gasteiger charge is -2.30. The van der Waals surface area contributed by atoms with E-state index < -0.39 is 0 Å². The van der Waals surface area contributed by atoms with Crippen LogP contribution in [0.15, 0.2) is 140 Å². The first-order valence-corrected chi connectivity index (χ1v) is 16.0. The Morgan fingerprint density at radius 2 is 1.07 bits per heavy atom. The number of hydrogen-bond acceptors (Lipinski definition) is 1. The molecule has 6 aromatic carbocycles. The molecule has 8 rings (SSSR count). The van der Waals surface area contributed by atoms with E-state index in [0.717, 1.165) is 11.4 Å². The van der Waals surface area contributed by atoms with E-state index in [9.17, 15) is 0 Å². The summed E-state index contributed by atoms with van der Waals surface area (Å²) in [7, 11) is 0. The first-order chi connectivity index (χ1) is 21.6. The topological polar surface area (TPSA) is 3.24 Å². The molecule has 0 saturated heterocycles. The SMILES string of the molecule is CC1(C)c2ccccc2-c2cc(-c3ccc(-c4cccc5c4CCCC5)cc3)c(N(c3ccccc3)c3ccccc3)cc21. The van der Waals surface area contributed by atoms with Crippen LogP contribution in [-0.4, -0.2) is 0 Å². The van der Waals surface area contributed by atoms with Crippen LogP contribution in [0.25, 0.3) is 33.4 Å². The molecule has 0 fully saturated rings. The lowest BCUT2D eigenvalue weighted by molar-refractivity contribution is 0.660. The van der Waals surface area contributed by atoms with Gasteiger partial charge in [-0.15, -0.1) is 0 Å². The second-order valence-electron chi connectivity index (χ2n) is 12.8. The highest BCUT2D eigenvalue weighted by Gasteiger charge is 2.37. The van der Waals surface area contributed by atoms with E-state index >= 15 is 0 Å². The van der Waals surface area contributed by atoms with Crippen LogP contribution >= 0.6 is 0 Å². The summed E-state index contributed by atoms with van der Waals surface area (Å²) in [5.41, 5.74) is 17.1. The zero-order valence-corrected chi connectivity index (χ0v) is 25.6. The first kappa shape index (κ1) is 26.7. The molecule has 0 aromatic heterocycles. The summed E-state index contributed by atoms with van der Waals surface area (Å²) in [4.78, 5) is 2.43. The normalized spacial score (nSPS) is 14.4. The van der Waals surface area contributed by atoms with Gasteiger partial charge in [0, 0.05) is 22.4 Å². The average Bonchev–Trinajstić information content (AvgIpc) is 3.31. The third-order valence-electron chi connectivity index (χ3n) is 9.87. The number of para-hydroxylation sites is 2. The summed E-state index contributed by atoms with van der Waals surface area (Å²) >= 11 is 0. The zero-order valence-electron chi connectivity index (χ0n) is 25.6. The van der Waals surface area contributed by atoms with Crippen molar-refractivity contribution in [2.45, 2.75) is 44.9 Å². The Bertz CT molecular complexity index is 1930. The average molecular weight is 568 g/mol. The Balaban J connectivity index is 1.34. The number of rotatable bonds is 5. The summed E-state index contributed by atoms with van der Waals surface area (Å²) in [6.45, 7) is 4.73. The second kappa shape index (κ2) is 10.7. The van der Waals surface area contributed by atoms with Crippen molar-refractivity contribution in [2.75, 3.05) is 4.90 Å². The van der Waals surface area contributed by atoms with Crippen LogP contribution in [0.5, 0.6) is 0 Å². The van der Waals surface area contributed by atoms with Crippen molar-refractivity contribution in [3.63, 3.8) is 0 Å². The zero-order chi connectivity index (χ0) is 29.7. The molecule has 6 aromatic rings. The Labute approximate surface area is 261 Å². The maximum Gasteiger partial charge on any atom is 0.0543 e. The van der Waals surface area contributed by atoms with Crippen LogP contribution in [0.1, 0.15) is 48.9 Å². The van der Waals surface area contributed by atoms with Gasteiger partial charge in [-0.1, -0.05) is 117 Å². The summed E-state index contributed by atoms with van der Waals surface area (Å²) in [6, 6.07) is 51.7. The molecule has 1 nitrogen and oxygen atoms in total. The van der Waals surface area contributed by atoms with Gasteiger partial charge in [-0.3, -0.25) is 0 Å². The number of benzene rings is 6. The molecule has 0 heterocycles. The predicted octanol–water partition coefficient (Wildman–Crippen LogP) is 11.7. The van der Waals surface area contributed by atoms with Gasteiger partial charge in [0.15, 0.2) is 0 Å². The fourth-order valence-corrected chi connectivity index (χ4v) is 7.61. The minimum atomic E-state index is -0.0888. The minimum absolute atomic E-state index is 0.0888. The fraction of sp³-hybridized carbons (Fsp3) is 0.163. The minimum Gasteiger partial charge on any atom is -0.310 e. The fourth-order valence-electron chi connectivity index (χ4n) is 7.61. The molecule has 2 aliphatic rings. The highest BCUT2D eigenvalue weighted by molar-refractivity contribution is 5.95. The third-order valence-corrected chi connectivity index (χ3v) is 9.87. The molecular weight excluding hydrogens is 530 g/mol. The highest BCUT2D eigenvalue weighted by Crippen LogP contribution is 2.53. The Hall–Kier alpha value is -4.88. The number of anilines is 3. The molecule has 0 aliphatic heterocycles. The van der Waals surface area contributed by atoms with Gasteiger partial charge < -0.3 is 4.90 Å². The van der Waals surface area contributed by atoms with Crippen LogP contribution in [0, 0.1) is 0 Å². The molecule has 0 radical (unpaired) electrons. The van der Waals surface area contributed by atoms with Crippen LogP contribution in [0.4, 0.5) is 17.1 Å². The van der Waals surface area contributed by atoms with Crippen molar-refractivity contribution < 1.29 is 0 Å². The van der Waals surface area contributed by atoms with E-state index in [4.69, 9.17) is 0 Å². The molecule has 0 spiro atoms. The molecular formula is C43H37N. The molecule has 0 amide bonds. The molecule has 2 aliphatic carbocycles. The van der Waals surface area contributed by atoms with Crippen LogP contribution in [0.2, 0.25) is 0 Å². The summed E-state index contributed by atoms with van der Waals surface area (Å²) in [5.74, 6) is 0. The summed E-state index contributed by atoms with van der Waals surface area (Å²) in [6.07, 6.45) is 4.97. The molecule has 0 unspecified atom stereocenters. The number of nitrogens with zero attached hydrogens (tertiary/aromatic N) is 1. The number of hydrogen-bond donors (Lipinski definition) is 0. The molecule has 0 atom stereocenters. The highest BCUT2D eigenvalue weighted by atomic mass is 15.1. The Kier molecular flexibility index (Phi) is 6.49. The van der Waals surface area contributed by atoms with Crippen molar-refractivity contribution >= 4 is 17.1 Å². The summed E-state index contributed by atoms with van der Waals surface area (Å²) < 4.78 is 0. The van der Waals surface area contributed by atoms with Crippen LogP contribution in [-0.2, 0) is 18.3 Å². The van der Waals surface area contributed by atoms with Gasteiger partial charge in [-0.2, -0.15) is 0 Å². The Morgan fingerprint density at radius 1 is 0.477 bits per heavy atom. The molecule has 0 bridgehead atoms. The lowest BCUT2D eigenvalue weighted by Crippen LogP contribution is -2.17. The van der Waals surface area contributed by atoms with Gasteiger partial charge in [0.2, 0.25) is 0 Å². The maximum atomic E-state index is 2.46. The van der Waals surface area contributed by atoms with Gasteiger partial charge in [0.05, 0.1) is 5.69 Å². The molecule has 214 valence electrons. The van der Waals surface area contributed by atoms with E-state index in [1.54, 1.807) is 5.56 Å². The standard InChI is InChI=1S/C43H37N/c1-43(2)40-23-12-11-21-37(40)39-28-38(32-26-24-31(25-27-32)36-22-13-15-30-14-9-10-20-35(30)36)42(29-41(39)43)44(33-16-5-3-6-17-33)34-18-7-4-8-19-34/h3-8,11-13,15-19,21-29H,9-10,14,20H2,1-2H3.